The Labute approximate surface area is 112 Å². The maximum absolute atomic E-state index is 12.8. The molecule has 1 aliphatic heterocycles. The van der Waals surface area contributed by atoms with Gasteiger partial charge in [-0.3, -0.25) is 0 Å². The van der Waals surface area contributed by atoms with Crippen LogP contribution in [0, 0.1) is 11.7 Å². The first-order valence-electron chi connectivity index (χ1n) is 6.48. The Morgan fingerprint density at radius 3 is 3.06 bits per heavy atom. The highest BCUT2D eigenvalue weighted by molar-refractivity contribution is 6.31. The summed E-state index contributed by atoms with van der Waals surface area (Å²) in [5.41, 5.74) is 0.847. The summed E-state index contributed by atoms with van der Waals surface area (Å²) in [7, 11) is 0. The summed E-state index contributed by atoms with van der Waals surface area (Å²) in [5.74, 6) is 0.416. The van der Waals surface area contributed by atoms with Crippen molar-refractivity contribution in [1.82, 2.24) is 5.32 Å². The number of hydrogen-bond acceptors (Lipinski definition) is 2. The molecule has 4 heteroatoms. The second kappa shape index (κ2) is 7.07. The van der Waals surface area contributed by atoms with Crippen LogP contribution in [0.25, 0.3) is 0 Å². The molecular weight excluding hydrogens is 253 g/mol. The van der Waals surface area contributed by atoms with Crippen LogP contribution < -0.4 is 5.32 Å². The van der Waals surface area contributed by atoms with Gasteiger partial charge in [-0.1, -0.05) is 17.7 Å². The van der Waals surface area contributed by atoms with Gasteiger partial charge in [0.1, 0.15) is 5.82 Å². The van der Waals surface area contributed by atoms with Crippen molar-refractivity contribution in [3.05, 3.63) is 34.6 Å². The maximum Gasteiger partial charge on any atom is 0.124 e. The Morgan fingerprint density at radius 2 is 2.33 bits per heavy atom. The summed E-state index contributed by atoms with van der Waals surface area (Å²) >= 11 is 5.93. The van der Waals surface area contributed by atoms with E-state index < -0.39 is 0 Å². The average Bonchev–Trinajstić information content (AvgIpc) is 2.38. The van der Waals surface area contributed by atoms with Crippen LogP contribution in [0.15, 0.2) is 18.2 Å². The van der Waals surface area contributed by atoms with Crippen molar-refractivity contribution in [3.8, 4) is 0 Å². The van der Waals surface area contributed by atoms with Gasteiger partial charge in [-0.15, -0.1) is 0 Å². The lowest BCUT2D eigenvalue weighted by Crippen LogP contribution is -2.30. The first-order valence-corrected chi connectivity index (χ1v) is 6.86. The molecule has 2 nitrogen and oxygen atoms in total. The molecule has 0 aliphatic carbocycles. The lowest BCUT2D eigenvalue weighted by atomic mass is 9.97. The SMILES string of the molecule is Fc1ccc(COCCC2CCCNC2)c(Cl)c1. The van der Waals surface area contributed by atoms with Gasteiger partial charge in [0.25, 0.3) is 0 Å². The largest absolute Gasteiger partial charge is 0.377 e. The van der Waals surface area contributed by atoms with Gasteiger partial charge in [-0.05, 0) is 56.0 Å². The molecule has 1 aromatic carbocycles. The van der Waals surface area contributed by atoms with Crippen LogP contribution in [-0.4, -0.2) is 19.7 Å². The fourth-order valence-electron chi connectivity index (χ4n) is 2.24. The molecule has 100 valence electrons. The van der Waals surface area contributed by atoms with E-state index in [-0.39, 0.29) is 5.82 Å². The Hall–Kier alpha value is -0.640. The highest BCUT2D eigenvalue weighted by Crippen LogP contribution is 2.19. The molecule has 1 fully saturated rings. The van der Waals surface area contributed by atoms with E-state index in [9.17, 15) is 4.39 Å². The quantitative estimate of drug-likeness (QED) is 0.829. The van der Waals surface area contributed by atoms with Crippen LogP contribution in [0.2, 0.25) is 5.02 Å². The van der Waals surface area contributed by atoms with Crippen molar-refractivity contribution in [1.29, 1.82) is 0 Å². The number of piperidine rings is 1. The topological polar surface area (TPSA) is 21.3 Å². The molecule has 2 rings (SSSR count). The Bertz CT molecular complexity index is 380. The summed E-state index contributed by atoms with van der Waals surface area (Å²) in [6.45, 7) is 3.43. The van der Waals surface area contributed by atoms with Gasteiger partial charge in [-0.25, -0.2) is 4.39 Å². The normalized spacial score (nSPS) is 20.0. The van der Waals surface area contributed by atoms with Crippen LogP contribution in [0.5, 0.6) is 0 Å². The van der Waals surface area contributed by atoms with Crippen LogP contribution in [0.1, 0.15) is 24.8 Å². The van der Waals surface area contributed by atoms with Crippen molar-refractivity contribution in [2.45, 2.75) is 25.9 Å². The molecule has 1 heterocycles. The lowest BCUT2D eigenvalue weighted by Gasteiger charge is -2.22. The van der Waals surface area contributed by atoms with Gasteiger partial charge in [0.2, 0.25) is 0 Å². The highest BCUT2D eigenvalue weighted by Gasteiger charge is 2.12. The molecule has 0 radical (unpaired) electrons. The molecule has 0 spiro atoms. The summed E-state index contributed by atoms with van der Waals surface area (Å²) in [5, 5.41) is 3.83. The molecule has 1 saturated heterocycles. The summed E-state index contributed by atoms with van der Waals surface area (Å²) in [4.78, 5) is 0. The Morgan fingerprint density at radius 1 is 1.44 bits per heavy atom. The number of ether oxygens (including phenoxy) is 1. The standard InChI is InChI=1S/C14H19ClFNO/c15-14-8-13(16)4-3-12(14)10-18-7-5-11-2-1-6-17-9-11/h3-4,8,11,17H,1-2,5-7,9-10H2. The number of nitrogens with one attached hydrogen (secondary N) is 1. The molecule has 0 saturated carbocycles. The maximum atomic E-state index is 12.8. The zero-order valence-electron chi connectivity index (χ0n) is 10.4. The van der Waals surface area contributed by atoms with Gasteiger partial charge < -0.3 is 10.1 Å². The molecule has 1 aliphatic rings. The predicted molar refractivity (Wildman–Crippen MR) is 71.3 cm³/mol. The van der Waals surface area contributed by atoms with E-state index >= 15 is 0 Å². The van der Waals surface area contributed by atoms with E-state index in [0.29, 0.717) is 11.6 Å². The third-order valence-electron chi connectivity index (χ3n) is 3.34. The van der Waals surface area contributed by atoms with Crippen LogP contribution in [-0.2, 0) is 11.3 Å². The fourth-order valence-corrected chi connectivity index (χ4v) is 2.46. The van der Waals surface area contributed by atoms with E-state index in [0.717, 1.165) is 37.6 Å². The van der Waals surface area contributed by atoms with E-state index in [4.69, 9.17) is 16.3 Å². The molecule has 1 N–H and O–H groups in total. The van der Waals surface area contributed by atoms with Gasteiger partial charge in [-0.2, -0.15) is 0 Å². The van der Waals surface area contributed by atoms with Gasteiger partial charge in [0.05, 0.1) is 6.61 Å². The van der Waals surface area contributed by atoms with Crippen LogP contribution >= 0.6 is 11.6 Å². The second-order valence-electron chi connectivity index (χ2n) is 4.79. The molecule has 0 bridgehead atoms. The average molecular weight is 272 g/mol. The monoisotopic (exact) mass is 271 g/mol. The molecule has 1 unspecified atom stereocenters. The predicted octanol–water partition coefficient (Wildman–Crippen LogP) is 3.39. The van der Waals surface area contributed by atoms with E-state index in [1.54, 1.807) is 6.07 Å². The van der Waals surface area contributed by atoms with E-state index in [1.165, 1.54) is 25.0 Å². The van der Waals surface area contributed by atoms with Crippen molar-refractivity contribution in [2.75, 3.05) is 19.7 Å². The minimum Gasteiger partial charge on any atom is -0.377 e. The van der Waals surface area contributed by atoms with Crippen LogP contribution in [0.4, 0.5) is 4.39 Å². The number of hydrogen-bond donors (Lipinski definition) is 1. The zero-order valence-corrected chi connectivity index (χ0v) is 11.2. The van der Waals surface area contributed by atoms with Gasteiger partial charge in [0.15, 0.2) is 0 Å². The molecular formula is C14H19ClFNO. The van der Waals surface area contributed by atoms with Crippen molar-refractivity contribution in [3.63, 3.8) is 0 Å². The minimum atomic E-state index is -0.308. The fraction of sp³-hybridized carbons (Fsp3) is 0.571. The first-order chi connectivity index (χ1) is 8.75. The molecule has 1 atom stereocenters. The number of halogens is 2. The highest BCUT2D eigenvalue weighted by atomic mass is 35.5. The van der Waals surface area contributed by atoms with Crippen molar-refractivity contribution in [2.24, 2.45) is 5.92 Å². The molecule has 0 amide bonds. The van der Waals surface area contributed by atoms with Crippen molar-refractivity contribution >= 4 is 11.6 Å². The summed E-state index contributed by atoms with van der Waals surface area (Å²) in [6.07, 6.45) is 3.62. The minimum absolute atomic E-state index is 0.308. The first kappa shape index (κ1) is 13.8. The summed E-state index contributed by atoms with van der Waals surface area (Å²) in [6, 6.07) is 4.42. The third-order valence-corrected chi connectivity index (χ3v) is 3.69. The second-order valence-corrected chi connectivity index (χ2v) is 5.20. The molecule has 1 aromatic rings. The zero-order chi connectivity index (χ0) is 12.8. The molecule has 0 aromatic heterocycles. The molecule has 18 heavy (non-hydrogen) atoms. The Balaban J connectivity index is 1.68. The summed E-state index contributed by atoms with van der Waals surface area (Å²) < 4.78 is 18.5. The lowest BCUT2D eigenvalue weighted by molar-refractivity contribution is 0.103. The number of benzene rings is 1. The third kappa shape index (κ3) is 4.23. The Kier molecular flexibility index (Phi) is 5.42. The van der Waals surface area contributed by atoms with E-state index in [1.807, 2.05) is 0 Å². The van der Waals surface area contributed by atoms with Gasteiger partial charge in [0, 0.05) is 11.6 Å². The van der Waals surface area contributed by atoms with Gasteiger partial charge >= 0.3 is 0 Å². The number of rotatable bonds is 5. The van der Waals surface area contributed by atoms with Crippen LogP contribution in [0.3, 0.4) is 0 Å². The van der Waals surface area contributed by atoms with Crippen molar-refractivity contribution < 1.29 is 9.13 Å². The smallest absolute Gasteiger partial charge is 0.124 e. The van der Waals surface area contributed by atoms with E-state index in [2.05, 4.69) is 5.32 Å².